The molecule has 0 aromatic carbocycles. The summed E-state index contributed by atoms with van der Waals surface area (Å²) in [7, 11) is 0. The number of piperidine rings is 1. The fraction of sp³-hybridized carbons (Fsp3) is 0.600. The summed E-state index contributed by atoms with van der Waals surface area (Å²) < 4.78 is 5.56. The molecule has 0 unspecified atom stereocenters. The maximum absolute atomic E-state index is 12.3. The summed E-state index contributed by atoms with van der Waals surface area (Å²) in [4.78, 5) is 23.1. The van der Waals surface area contributed by atoms with Crippen LogP contribution in [-0.2, 0) is 5.41 Å². The smallest absolute Gasteiger partial charge is 0.317 e. The fourth-order valence-corrected chi connectivity index (χ4v) is 3.92. The molecule has 1 saturated carbocycles. The highest BCUT2D eigenvalue weighted by molar-refractivity contribution is 5.74. The lowest BCUT2D eigenvalue weighted by atomic mass is 9.73. The number of rotatable bonds is 5. The second-order valence-electron chi connectivity index (χ2n) is 8.18. The van der Waals surface area contributed by atoms with Crippen molar-refractivity contribution in [2.75, 3.05) is 13.1 Å². The lowest BCUT2D eigenvalue weighted by Crippen LogP contribution is -2.50. The first-order chi connectivity index (χ1) is 13.1. The molecule has 2 aromatic rings. The number of nitrogens with zero attached hydrogens (tertiary/aromatic N) is 4. The lowest BCUT2D eigenvalue weighted by Gasteiger charge is -2.40. The maximum Gasteiger partial charge on any atom is 0.317 e. The van der Waals surface area contributed by atoms with Crippen LogP contribution in [0, 0.1) is 5.92 Å². The van der Waals surface area contributed by atoms with Crippen LogP contribution in [0.3, 0.4) is 0 Å². The number of carbonyl (C=O) groups excluding carboxylic acids is 1. The van der Waals surface area contributed by atoms with Gasteiger partial charge in [-0.05, 0) is 51.2 Å². The Morgan fingerprint density at radius 3 is 2.78 bits per heavy atom. The SMILES string of the molecule is CC(C)NC(=O)N1CCC(CC2CC2)(c2noc(-c3cccnc3)n2)CC1. The van der Waals surface area contributed by atoms with E-state index in [9.17, 15) is 4.79 Å². The molecule has 27 heavy (non-hydrogen) atoms. The van der Waals surface area contributed by atoms with E-state index in [1.807, 2.05) is 30.9 Å². The van der Waals surface area contributed by atoms with E-state index >= 15 is 0 Å². The zero-order chi connectivity index (χ0) is 18.9. The first kappa shape index (κ1) is 17.9. The molecular weight excluding hydrogens is 342 g/mol. The number of hydrogen-bond donors (Lipinski definition) is 1. The van der Waals surface area contributed by atoms with E-state index in [4.69, 9.17) is 9.51 Å². The highest BCUT2D eigenvalue weighted by Crippen LogP contribution is 2.46. The Labute approximate surface area is 159 Å². The molecule has 2 fully saturated rings. The van der Waals surface area contributed by atoms with Gasteiger partial charge >= 0.3 is 6.03 Å². The third kappa shape index (κ3) is 3.96. The summed E-state index contributed by atoms with van der Waals surface area (Å²) in [6.07, 6.45) is 8.87. The van der Waals surface area contributed by atoms with Crippen molar-refractivity contribution < 1.29 is 9.32 Å². The molecule has 4 rings (SSSR count). The third-order valence-electron chi connectivity index (χ3n) is 5.61. The number of urea groups is 1. The molecule has 0 spiro atoms. The Kier molecular flexibility index (Phi) is 4.85. The van der Waals surface area contributed by atoms with Crippen molar-refractivity contribution >= 4 is 6.03 Å². The van der Waals surface area contributed by atoms with Gasteiger partial charge in [0, 0.05) is 36.9 Å². The van der Waals surface area contributed by atoms with E-state index in [1.54, 1.807) is 12.4 Å². The van der Waals surface area contributed by atoms with Gasteiger partial charge in [0.1, 0.15) is 0 Å². The zero-order valence-electron chi connectivity index (χ0n) is 16.0. The molecule has 1 saturated heterocycles. The molecule has 2 aromatic heterocycles. The lowest BCUT2D eigenvalue weighted by molar-refractivity contribution is 0.143. The van der Waals surface area contributed by atoms with Gasteiger partial charge in [-0.3, -0.25) is 4.98 Å². The second-order valence-corrected chi connectivity index (χ2v) is 8.18. The zero-order valence-corrected chi connectivity index (χ0v) is 16.0. The molecule has 7 heteroatoms. The van der Waals surface area contributed by atoms with Crippen LogP contribution in [-0.4, -0.2) is 45.2 Å². The van der Waals surface area contributed by atoms with Crippen LogP contribution in [0.25, 0.3) is 11.5 Å². The average molecular weight is 369 g/mol. The van der Waals surface area contributed by atoms with Gasteiger partial charge in [-0.2, -0.15) is 4.98 Å². The van der Waals surface area contributed by atoms with Gasteiger partial charge in [-0.25, -0.2) is 4.79 Å². The van der Waals surface area contributed by atoms with Crippen LogP contribution in [0.4, 0.5) is 4.79 Å². The number of amides is 2. The minimum absolute atomic E-state index is 0.0224. The van der Waals surface area contributed by atoms with Crippen LogP contribution in [0.15, 0.2) is 29.0 Å². The standard InChI is InChI=1S/C20H27N5O2/c1-14(2)22-19(26)25-10-7-20(8-11-25,12-15-5-6-15)18-23-17(27-24-18)16-4-3-9-21-13-16/h3-4,9,13-15H,5-8,10-12H2,1-2H3,(H,22,26). The van der Waals surface area contributed by atoms with Crippen LogP contribution in [0.2, 0.25) is 0 Å². The van der Waals surface area contributed by atoms with Gasteiger partial charge in [0.15, 0.2) is 5.82 Å². The van der Waals surface area contributed by atoms with Gasteiger partial charge in [-0.15, -0.1) is 0 Å². The average Bonchev–Trinajstić information content (AvgIpc) is 3.33. The molecule has 0 radical (unpaired) electrons. The summed E-state index contributed by atoms with van der Waals surface area (Å²) in [6.45, 7) is 5.42. The summed E-state index contributed by atoms with van der Waals surface area (Å²) in [5.74, 6) is 2.06. The Hall–Kier alpha value is -2.44. The van der Waals surface area contributed by atoms with Gasteiger partial charge < -0.3 is 14.7 Å². The minimum atomic E-state index is -0.0975. The Bertz CT molecular complexity index is 777. The maximum atomic E-state index is 12.3. The van der Waals surface area contributed by atoms with E-state index < -0.39 is 0 Å². The minimum Gasteiger partial charge on any atom is -0.336 e. The van der Waals surface area contributed by atoms with Gasteiger partial charge in [-0.1, -0.05) is 18.0 Å². The fourth-order valence-electron chi connectivity index (χ4n) is 3.92. The molecule has 1 aliphatic heterocycles. The Balaban J connectivity index is 1.52. The Morgan fingerprint density at radius 1 is 1.37 bits per heavy atom. The van der Waals surface area contributed by atoms with Gasteiger partial charge in [0.05, 0.1) is 5.56 Å². The van der Waals surface area contributed by atoms with E-state index in [1.165, 1.54) is 12.8 Å². The van der Waals surface area contributed by atoms with Crippen molar-refractivity contribution in [2.24, 2.45) is 5.92 Å². The molecule has 144 valence electrons. The van der Waals surface area contributed by atoms with Gasteiger partial charge in [0.2, 0.25) is 0 Å². The van der Waals surface area contributed by atoms with Crippen LogP contribution in [0.5, 0.6) is 0 Å². The highest BCUT2D eigenvalue weighted by Gasteiger charge is 2.44. The first-order valence-corrected chi connectivity index (χ1v) is 9.86. The predicted molar refractivity (Wildman–Crippen MR) is 101 cm³/mol. The summed E-state index contributed by atoms with van der Waals surface area (Å²) in [5.41, 5.74) is 0.742. The number of hydrogen-bond acceptors (Lipinski definition) is 5. The summed E-state index contributed by atoms with van der Waals surface area (Å²) in [5, 5.41) is 7.34. The van der Waals surface area contributed by atoms with Crippen LogP contribution >= 0.6 is 0 Å². The molecular formula is C20H27N5O2. The molecule has 1 aliphatic carbocycles. The van der Waals surface area contributed by atoms with Crippen molar-refractivity contribution in [3.05, 3.63) is 30.4 Å². The van der Waals surface area contributed by atoms with Gasteiger partial charge in [0.25, 0.3) is 5.89 Å². The molecule has 1 N–H and O–H groups in total. The van der Waals surface area contributed by atoms with Crippen LogP contribution in [0.1, 0.15) is 51.8 Å². The van der Waals surface area contributed by atoms with Crippen molar-refractivity contribution in [1.29, 1.82) is 0 Å². The Morgan fingerprint density at radius 2 is 2.15 bits per heavy atom. The molecule has 3 heterocycles. The topological polar surface area (TPSA) is 84.2 Å². The number of carbonyl (C=O) groups is 1. The summed E-state index contributed by atoms with van der Waals surface area (Å²) in [6, 6.07) is 3.96. The quantitative estimate of drug-likeness (QED) is 0.873. The predicted octanol–water partition coefficient (Wildman–Crippen LogP) is 3.38. The normalized spacial score (nSPS) is 19.3. The number of nitrogens with one attached hydrogen (secondary N) is 1. The van der Waals surface area contributed by atoms with Crippen molar-refractivity contribution in [2.45, 2.75) is 57.4 Å². The van der Waals surface area contributed by atoms with E-state index in [0.29, 0.717) is 5.89 Å². The van der Waals surface area contributed by atoms with E-state index in [-0.39, 0.29) is 17.5 Å². The first-order valence-electron chi connectivity index (χ1n) is 9.86. The molecule has 7 nitrogen and oxygen atoms in total. The highest BCUT2D eigenvalue weighted by atomic mass is 16.5. The number of pyridine rings is 1. The van der Waals surface area contributed by atoms with Crippen molar-refractivity contribution in [3.63, 3.8) is 0 Å². The third-order valence-corrected chi connectivity index (χ3v) is 5.61. The van der Waals surface area contributed by atoms with Crippen LogP contribution < -0.4 is 5.32 Å². The van der Waals surface area contributed by atoms with E-state index in [0.717, 1.165) is 49.7 Å². The largest absolute Gasteiger partial charge is 0.336 e. The molecule has 2 aliphatic rings. The second kappa shape index (κ2) is 7.29. The number of aromatic nitrogens is 3. The summed E-state index contributed by atoms with van der Waals surface area (Å²) >= 11 is 0. The molecule has 0 atom stereocenters. The monoisotopic (exact) mass is 369 g/mol. The van der Waals surface area contributed by atoms with E-state index in [2.05, 4.69) is 15.5 Å². The van der Waals surface area contributed by atoms with Crippen molar-refractivity contribution in [3.8, 4) is 11.5 Å². The molecule has 0 bridgehead atoms. The molecule has 2 amide bonds. The van der Waals surface area contributed by atoms with Crippen molar-refractivity contribution in [1.82, 2.24) is 25.3 Å². The number of likely N-dealkylation sites (tertiary alicyclic amines) is 1.